The van der Waals surface area contributed by atoms with Crippen LogP contribution in [0, 0.1) is 0 Å². The van der Waals surface area contributed by atoms with Gasteiger partial charge in [0.25, 0.3) is 0 Å². The average Bonchev–Trinajstić information content (AvgIpc) is 2.60. The number of halogens is 1. The van der Waals surface area contributed by atoms with Crippen molar-refractivity contribution in [1.82, 2.24) is 5.32 Å². The van der Waals surface area contributed by atoms with E-state index in [4.69, 9.17) is 11.6 Å². The molecular formula is C11H12ClNO3S. The Morgan fingerprint density at radius 3 is 2.82 bits per heavy atom. The van der Waals surface area contributed by atoms with Crippen LogP contribution >= 0.6 is 11.6 Å². The summed E-state index contributed by atoms with van der Waals surface area (Å²) in [5.41, 5.74) is 0.894. The van der Waals surface area contributed by atoms with Gasteiger partial charge < -0.3 is 10.4 Å². The summed E-state index contributed by atoms with van der Waals surface area (Å²) in [5, 5.41) is 13.9. The number of aromatic hydroxyl groups is 1. The quantitative estimate of drug-likeness (QED) is 0.875. The molecule has 2 N–H and O–H groups in total. The summed E-state index contributed by atoms with van der Waals surface area (Å²) in [6.45, 7) is 0.504. The highest BCUT2D eigenvalue weighted by Gasteiger charge is 2.20. The largest absolute Gasteiger partial charge is 0.506 e. The number of hydrogen-bond donors (Lipinski definition) is 2. The van der Waals surface area contributed by atoms with Gasteiger partial charge in [0.1, 0.15) is 5.75 Å². The third-order valence-corrected chi connectivity index (χ3v) is 4.21. The van der Waals surface area contributed by atoms with Crippen molar-refractivity contribution in [2.75, 3.05) is 5.75 Å². The first kappa shape index (κ1) is 12.4. The molecule has 1 aliphatic heterocycles. The van der Waals surface area contributed by atoms with Crippen LogP contribution in [0.4, 0.5) is 0 Å². The molecule has 1 atom stereocenters. The van der Waals surface area contributed by atoms with E-state index >= 15 is 0 Å². The van der Waals surface area contributed by atoms with Crippen molar-refractivity contribution in [2.24, 2.45) is 0 Å². The molecule has 0 radical (unpaired) electrons. The molecule has 17 heavy (non-hydrogen) atoms. The Morgan fingerprint density at radius 1 is 1.47 bits per heavy atom. The Labute approximate surface area is 105 Å². The van der Waals surface area contributed by atoms with Gasteiger partial charge in [0.05, 0.1) is 10.8 Å². The minimum Gasteiger partial charge on any atom is -0.506 e. The van der Waals surface area contributed by atoms with Gasteiger partial charge >= 0.3 is 0 Å². The van der Waals surface area contributed by atoms with Gasteiger partial charge in [0, 0.05) is 18.0 Å². The van der Waals surface area contributed by atoms with Crippen molar-refractivity contribution in [3.63, 3.8) is 0 Å². The fourth-order valence-electron chi connectivity index (χ4n) is 1.61. The molecule has 1 aromatic rings. The van der Waals surface area contributed by atoms with Crippen LogP contribution < -0.4 is 5.32 Å². The Kier molecular flexibility index (Phi) is 3.42. The van der Waals surface area contributed by atoms with Crippen LogP contribution in [0.15, 0.2) is 29.7 Å². The molecule has 0 spiro atoms. The lowest BCUT2D eigenvalue weighted by Crippen LogP contribution is -2.29. The zero-order valence-electron chi connectivity index (χ0n) is 8.93. The van der Waals surface area contributed by atoms with Gasteiger partial charge in [0.15, 0.2) is 9.84 Å². The van der Waals surface area contributed by atoms with Crippen molar-refractivity contribution in [1.29, 1.82) is 0 Å². The van der Waals surface area contributed by atoms with Gasteiger partial charge in [0.2, 0.25) is 0 Å². The van der Waals surface area contributed by atoms with E-state index in [1.165, 1.54) is 11.5 Å². The van der Waals surface area contributed by atoms with Crippen LogP contribution in [0.3, 0.4) is 0 Å². The van der Waals surface area contributed by atoms with Crippen molar-refractivity contribution < 1.29 is 13.5 Å². The molecule has 1 heterocycles. The Morgan fingerprint density at radius 2 is 2.24 bits per heavy atom. The Balaban J connectivity index is 1.95. The van der Waals surface area contributed by atoms with Crippen LogP contribution in [0.1, 0.15) is 5.56 Å². The monoisotopic (exact) mass is 273 g/mol. The molecular weight excluding hydrogens is 262 g/mol. The van der Waals surface area contributed by atoms with E-state index in [0.29, 0.717) is 11.6 Å². The van der Waals surface area contributed by atoms with E-state index in [1.807, 2.05) is 0 Å². The van der Waals surface area contributed by atoms with Gasteiger partial charge in [-0.3, -0.25) is 0 Å². The number of nitrogens with one attached hydrogen (secondary N) is 1. The minimum atomic E-state index is -3.02. The van der Waals surface area contributed by atoms with Crippen LogP contribution in [0.2, 0.25) is 5.02 Å². The maximum Gasteiger partial charge on any atom is 0.173 e. The lowest BCUT2D eigenvalue weighted by molar-refractivity contribution is 0.475. The first-order valence-corrected chi connectivity index (χ1v) is 7.17. The fourth-order valence-corrected chi connectivity index (χ4v) is 3.09. The third-order valence-electron chi connectivity index (χ3n) is 2.51. The molecule has 0 fully saturated rings. The molecule has 4 nitrogen and oxygen atoms in total. The van der Waals surface area contributed by atoms with Crippen LogP contribution in [0.25, 0.3) is 0 Å². The zero-order chi connectivity index (χ0) is 12.5. The van der Waals surface area contributed by atoms with Gasteiger partial charge in [-0.1, -0.05) is 23.7 Å². The average molecular weight is 274 g/mol. The number of phenols is 1. The molecule has 6 heteroatoms. The smallest absolute Gasteiger partial charge is 0.173 e. The molecule has 0 saturated heterocycles. The third kappa shape index (κ3) is 3.21. The van der Waals surface area contributed by atoms with Crippen LogP contribution in [-0.4, -0.2) is 25.3 Å². The predicted octanol–water partition coefficient (Wildman–Crippen LogP) is 1.45. The Hall–Kier alpha value is -1.04. The topological polar surface area (TPSA) is 66.4 Å². The molecule has 92 valence electrons. The summed E-state index contributed by atoms with van der Waals surface area (Å²) in [5.74, 6) is 0.137. The normalized spacial score (nSPS) is 21.8. The molecule has 0 aliphatic carbocycles. The predicted molar refractivity (Wildman–Crippen MR) is 66.7 cm³/mol. The fraction of sp³-hybridized carbons (Fsp3) is 0.273. The number of sulfone groups is 1. The molecule has 1 unspecified atom stereocenters. The minimum absolute atomic E-state index is 0.0405. The summed E-state index contributed by atoms with van der Waals surface area (Å²) in [4.78, 5) is 0. The number of phenolic OH excluding ortho intramolecular Hbond substituents is 1. The second-order valence-corrected chi connectivity index (χ2v) is 6.27. The molecule has 2 rings (SSSR count). The van der Waals surface area contributed by atoms with E-state index in [0.717, 1.165) is 5.56 Å². The van der Waals surface area contributed by atoms with Crippen molar-refractivity contribution in [2.45, 2.75) is 12.6 Å². The number of rotatable bonds is 3. The zero-order valence-corrected chi connectivity index (χ0v) is 10.5. The highest BCUT2D eigenvalue weighted by molar-refractivity contribution is 7.94. The number of hydrogen-bond acceptors (Lipinski definition) is 4. The van der Waals surface area contributed by atoms with Crippen LogP contribution in [-0.2, 0) is 16.4 Å². The first-order chi connectivity index (χ1) is 7.96. The van der Waals surface area contributed by atoms with Gasteiger partial charge in [-0.05, 0) is 17.7 Å². The van der Waals surface area contributed by atoms with Gasteiger partial charge in [-0.15, -0.1) is 0 Å². The lowest BCUT2D eigenvalue weighted by Gasteiger charge is -2.10. The summed E-state index contributed by atoms with van der Waals surface area (Å²) in [7, 11) is -3.02. The molecule has 1 aromatic carbocycles. The maximum atomic E-state index is 11.2. The molecule has 0 bridgehead atoms. The van der Waals surface area contributed by atoms with E-state index in [1.54, 1.807) is 18.2 Å². The van der Waals surface area contributed by atoms with Crippen molar-refractivity contribution in [3.8, 4) is 5.75 Å². The SMILES string of the molecule is O=S1(=O)C=CC(NCc2ccc(O)c(Cl)c2)C1. The highest BCUT2D eigenvalue weighted by atomic mass is 35.5. The lowest BCUT2D eigenvalue weighted by atomic mass is 10.2. The molecule has 1 aliphatic rings. The van der Waals surface area contributed by atoms with E-state index in [-0.39, 0.29) is 17.5 Å². The van der Waals surface area contributed by atoms with Gasteiger partial charge in [-0.25, -0.2) is 8.42 Å². The summed E-state index contributed by atoms with van der Waals surface area (Å²) < 4.78 is 22.3. The second-order valence-electron chi connectivity index (χ2n) is 3.93. The maximum absolute atomic E-state index is 11.2. The van der Waals surface area contributed by atoms with Crippen molar-refractivity contribution in [3.05, 3.63) is 40.3 Å². The van der Waals surface area contributed by atoms with E-state index in [9.17, 15) is 13.5 Å². The van der Waals surface area contributed by atoms with Crippen LogP contribution in [0.5, 0.6) is 5.75 Å². The Bertz CT molecular complexity index is 554. The first-order valence-electron chi connectivity index (χ1n) is 5.08. The number of benzene rings is 1. The van der Waals surface area contributed by atoms with Crippen molar-refractivity contribution >= 4 is 21.4 Å². The van der Waals surface area contributed by atoms with E-state index in [2.05, 4.69) is 5.32 Å². The molecule has 0 aromatic heterocycles. The summed E-state index contributed by atoms with van der Waals surface area (Å²) in [6, 6.07) is 4.74. The molecule has 0 saturated carbocycles. The second kappa shape index (κ2) is 4.68. The van der Waals surface area contributed by atoms with E-state index < -0.39 is 9.84 Å². The summed E-state index contributed by atoms with van der Waals surface area (Å²) in [6.07, 6.45) is 1.64. The highest BCUT2D eigenvalue weighted by Crippen LogP contribution is 2.23. The molecule has 0 amide bonds. The summed E-state index contributed by atoms with van der Waals surface area (Å²) >= 11 is 5.77. The van der Waals surface area contributed by atoms with Gasteiger partial charge in [-0.2, -0.15) is 0 Å². The standard InChI is InChI=1S/C11H12ClNO3S/c12-10-5-8(1-2-11(10)14)6-13-9-3-4-17(15,16)7-9/h1-5,9,13-14H,6-7H2.